The number of piperazine rings is 1. The normalized spacial score (nSPS) is 14.6. The lowest BCUT2D eigenvalue weighted by molar-refractivity contribution is -0.384. The van der Waals surface area contributed by atoms with Gasteiger partial charge in [-0.3, -0.25) is 19.8 Å². The van der Waals surface area contributed by atoms with Gasteiger partial charge in [-0.15, -0.1) is 10.2 Å². The summed E-state index contributed by atoms with van der Waals surface area (Å²) >= 11 is 5.88. The third kappa shape index (κ3) is 4.70. The Labute approximate surface area is 181 Å². The zero-order valence-electron chi connectivity index (χ0n) is 16.2. The number of nitro groups is 1. The number of halogens is 2. The summed E-state index contributed by atoms with van der Waals surface area (Å²) in [5, 5.41) is 19.1. The van der Waals surface area contributed by atoms with E-state index in [9.17, 15) is 19.3 Å². The van der Waals surface area contributed by atoms with E-state index in [0.29, 0.717) is 49.2 Å². The molecule has 9 nitrogen and oxygen atoms in total. The molecule has 0 bridgehead atoms. The summed E-state index contributed by atoms with van der Waals surface area (Å²) in [4.78, 5) is 26.5. The molecule has 0 unspecified atom stereocenters. The topological polar surface area (TPSA) is 106 Å². The van der Waals surface area contributed by atoms with Crippen LogP contribution >= 0.6 is 11.6 Å². The molecule has 0 N–H and O–H groups in total. The van der Waals surface area contributed by atoms with Crippen LogP contribution in [-0.2, 0) is 6.54 Å². The number of carbonyl (C=O) groups is 1. The van der Waals surface area contributed by atoms with Crippen LogP contribution in [0.25, 0.3) is 11.5 Å². The molecule has 1 fully saturated rings. The Kier molecular flexibility index (Phi) is 5.92. The maximum atomic E-state index is 14.0. The van der Waals surface area contributed by atoms with Crippen LogP contribution in [0, 0.1) is 15.9 Å². The molecule has 1 aliphatic heterocycles. The molecule has 0 saturated carbocycles. The number of non-ortho nitro benzene ring substituents is 1. The van der Waals surface area contributed by atoms with E-state index in [1.807, 2.05) is 4.90 Å². The van der Waals surface area contributed by atoms with Gasteiger partial charge in [0.05, 0.1) is 17.0 Å². The van der Waals surface area contributed by atoms with Crippen molar-refractivity contribution < 1.29 is 18.5 Å². The van der Waals surface area contributed by atoms with Crippen molar-refractivity contribution >= 4 is 23.2 Å². The average molecular weight is 446 g/mol. The third-order valence-corrected chi connectivity index (χ3v) is 5.20. The van der Waals surface area contributed by atoms with Crippen molar-refractivity contribution in [3.05, 3.63) is 74.9 Å². The number of amides is 1. The zero-order valence-corrected chi connectivity index (χ0v) is 17.0. The number of benzene rings is 2. The van der Waals surface area contributed by atoms with Crippen LogP contribution in [-0.4, -0.2) is 57.0 Å². The van der Waals surface area contributed by atoms with Crippen molar-refractivity contribution in [2.45, 2.75) is 6.54 Å². The summed E-state index contributed by atoms with van der Waals surface area (Å²) in [7, 11) is 0. The highest BCUT2D eigenvalue weighted by Crippen LogP contribution is 2.22. The molecule has 2 heterocycles. The Hall–Kier alpha value is -3.37. The van der Waals surface area contributed by atoms with Crippen molar-refractivity contribution in [3.8, 4) is 11.5 Å². The van der Waals surface area contributed by atoms with Crippen molar-refractivity contribution in [1.82, 2.24) is 20.0 Å². The lowest BCUT2D eigenvalue weighted by Crippen LogP contribution is -2.48. The van der Waals surface area contributed by atoms with E-state index in [2.05, 4.69) is 10.2 Å². The molecule has 2 aromatic carbocycles. The summed E-state index contributed by atoms with van der Waals surface area (Å²) in [5.41, 5.74) is 0.530. The Morgan fingerprint density at radius 1 is 1.13 bits per heavy atom. The van der Waals surface area contributed by atoms with Crippen molar-refractivity contribution in [2.75, 3.05) is 26.2 Å². The van der Waals surface area contributed by atoms with Gasteiger partial charge in [0.25, 0.3) is 11.6 Å². The molecule has 1 aliphatic rings. The predicted molar refractivity (Wildman–Crippen MR) is 109 cm³/mol. The standard InChI is InChI=1S/C20H17ClFN5O4/c21-14-3-6-17(22)16(11-14)20(28)26-9-7-25(8-10-26)12-18-23-24-19(31-18)13-1-4-15(5-2-13)27(29)30/h1-6,11H,7-10,12H2. The van der Waals surface area contributed by atoms with E-state index in [4.69, 9.17) is 16.0 Å². The van der Waals surface area contributed by atoms with Gasteiger partial charge < -0.3 is 9.32 Å². The summed E-state index contributed by atoms with van der Waals surface area (Å²) in [6.45, 7) is 2.36. The van der Waals surface area contributed by atoms with E-state index < -0.39 is 16.6 Å². The van der Waals surface area contributed by atoms with Gasteiger partial charge >= 0.3 is 0 Å². The first kappa shape index (κ1) is 20.9. The Bertz CT molecular complexity index is 1110. The van der Waals surface area contributed by atoms with Crippen LogP contribution in [0.15, 0.2) is 46.9 Å². The molecule has 1 saturated heterocycles. The lowest BCUT2D eigenvalue weighted by atomic mass is 10.1. The molecule has 0 atom stereocenters. The van der Waals surface area contributed by atoms with Gasteiger partial charge in [0.1, 0.15) is 5.82 Å². The first-order valence-corrected chi connectivity index (χ1v) is 9.82. The third-order valence-electron chi connectivity index (χ3n) is 4.97. The zero-order chi connectivity index (χ0) is 22.0. The van der Waals surface area contributed by atoms with Gasteiger partial charge in [0.15, 0.2) is 0 Å². The minimum absolute atomic E-state index is 0.0198. The minimum atomic E-state index is -0.596. The van der Waals surface area contributed by atoms with Gasteiger partial charge in [0.2, 0.25) is 11.8 Å². The summed E-state index contributed by atoms with van der Waals surface area (Å²) in [5.74, 6) is -0.316. The predicted octanol–water partition coefficient (Wildman–Crippen LogP) is 3.40. The number of nitro benzene ring substituents is 1. The smallest absolute Gasteiger partial charge is 0.269 e. The maximum absolute atomic E-state index is 14.0. The summed E-state index contributed by atoms with van der Waals surface area (Å²) in [6.07, 6.45) is 0. The molecule has 160 valence electrons. The summed E-state index contributed by atoms with van der Waals surface area (Å²) in [6, 6.07) is 9.77. The quantitative estimate of drug-likeness (QED) is 0.437. The highest BCUT2D eigenvalue weighted by atomic mass is 35.5. The van der Waals surface area contributed by atoms with Crippen LogP contribution in [0.2, 0.25) is 5.02 Å². The minimum Gasteiger partial charge on any atom is -0.419 e. The molecule has 0 aliphatic carbocycles. The van der Waals surface area contributed by atoms with E-state index >= 15 is 0 Å². The average Bonchev–Trinajstić information content (AvgIpc) is 3.24. The van der Waals surface area contributed by atoms with E-state index in [1.54, 1.807) is 17.0 Å². The number of hydrogen-bond donors (Lipinski definition) is 0. The van der Waals surface area contributed by atoms with Crippen LogP contribution in [0.4, 0.5) is 10.1 Å². The van der Waals surface area contributed by atoms with E-state index in [0.717, 1.165) is 0 Å². The Morgan fingerprint density at radius 2 is 1.84 bits per heavy atom. The number of nitrogens with zero attached hydrogens (tertiary/aromatic N) is 5. The molecular formula is C20H17ClFN5O4. The molecule has 3 aromatic rings. The molecule has 1 aromatic heterocycles. The van der Waals surface area contributed by atoms with Crippen LogP contribution in [0.3, 0.4) is 0 Å². The number of rotatable bonds is 5. The molecule has 0 spiro atoms. The SMILES string of the molecule is O=C(c1cc(Cl)ccc1F)N1CCN(Cc2nnc(-c3ccc([N+](=O)[O-])cc3)o2)CC1. The van der Waals surface area contributed by atoms with Gasteiger partial charge in [-0.25, -0.2) is 4.39 Å². The maximum Gasteiger partial charge on any atom is 0.269 e. The van der Waals surface area contributed by atoms with Crippen molar-refractivity contribution in [3.63, 3.8) is 0 Å². The van der Waals surface area contributed by atoms with Crippen molar-refractivity contribution in [2.24, 2.45) is 0 Å². The van der Waals surface area contributed by atoms with Gasteiger partial charge in [0, 0.05) is 48.9 Å². The monoisotopic (exact) mass is 445 g/mol. The van der Waals surface area contributed by atoms with Crippen LogP contribution < -0.4 is 0 Å². The highest BCUT2D eigenvalue weighted by Gasteiger charge is 2.25. The molecular weight excluding hydrogens is 429 g/mol. The first-order valence-electron chi connectivity index (χ1n) is 9.44. The molecule has 11 heteroatoms. The van der Waals surface area contributed by atoms with E-state index in [-0.39, 0.29) is 17.1 Å². The first-order chi connectivity index (χ1) is 14.9. The number of hydrogen-bond acceptors (Lipinski definition) is 7. The fourth-order valence-electron chi connectivity index (χ4n) is 3.29. The lowest BCUT2D eigenvalue weighted by Gasteiger charge is -2.34. The second-order valence-electron chi connectivity index (χ2n) is 7.00. The van der Waals surface area contributed by atoms with Crippen molar-refractivity contribution in [1.29, 1.82) is 0 Å². The fraction of sp³-hybridized carbons (Fsp3) is 0.250. The molecule has 4 rings (SSSR count). The Balaban J connectivity index is 1.35. The number of aromatic nitrogens is 2. The molecule has 1 amide bonds. The number of carbonyl (C=O) groups excluding carboxylic acids is 1. The Morgan fingerprint density at radius 3 is 2.52 bits per heavy atom. The van der Waals surface area contributed by atoms with E-state index in [1.165, 1.54) is 30.3 Å². The van der Waals surface area contributed by atoms with Crippen LogP contribution in [0.5, 0.6) is 0 Å². The summed E-state index contributed by atoms with van der Waals surface area (Å²) < 4.78 is 19.6. The fourth-order valence-corrected chi connectivity index (χ4v) is 3.46. The van der Waals surface area contributed by atoms with Gasteiger partial charge in [-0.2, -0.15) is 0 Å². The van der Waals surface area contributed by atoms with Gasteiger partial charge in [-0.1, -0.05) is 11.6 Å². The molecule has 0 radical (unpaired) electrons. The second kappa shape index (κ2) is 8.78. The second-order valence-corrected chi connectivity index (χ2v) is 7.43. The van der Waals surface area contributed by atoms with Crippen LogP contribution in [0.1, 0.15) is 16.2 Å². The molecule has 31 heavy (non-hydrogen) atoms. The van der Waals surface area contributed by atoms with Gasteiger partial charge in [-0.05, 0) is 30.3 Å². The largest absolute Gasteiger partial charge is 0.419 e. The highest BCUT2D eigenvalue weighted by molar-refractivity contribution is 6.31.